The van der Waals surface area contributed by atoms with Crippen LogP contribution in [0.4, 0.5) is 17.1 Å². The highest BCUT2D eigenvalue weighted by atomic mass is 15.1. The number of rotatable bonds is 6. The zero-order valence-corrected chi connectivity index (χ0v) is 30.9. The number of anilines is 3. The van der Waals surface area contributed by atoms with E-state index in [9.17, 15) is 0 Å². The van der Waals surface area contributed by atoms with E-state index < -0.39 is 0 Å². The lowest BCUT2D eigenvalue weighted by atomic mass is 9.74. The van der Waals surface area contributed by atoms with Crippen molar-refractivity contribution in [3.05, 3.63) is 222 Å². The largest absolute Gasteiger partial charge is 0.310 e. The molecular weight excluding hydrogens is 651 g/mol. The molecule has 0 aromatic heterocycles. The molecule has 258 valence electrons. The summed E-state index contributed by atoms with van der Waals surface area (Å²) in [4.78, 5) is 2.45. The van der Waals surface area contributed by atoms with Crippen molar-refractivity contribution < 1.29 is 0 Å². The molecule has 0 saturated carbocycles. The number of nitrogens with zero attached hydrogens (tertiary/aromatic N) is 1. The van der Waals surface area contributed by atoms with Gasteiger partial charge in [-0.2, -0.15) is 0 Å². The number of hydrogen-bond donors (Lipinski definition) is 0. The summed E-state index contributed by atoms with van der Waals surface area (Å²) in [6, 6.07) is 71.6. The summed E-state index contributed by atoms with van der Waals surface area (Å²) in [7, 11) is 0. The van der Waals surface area contributed by atoms with Crippen LogP contribution in [0.25, 0.3) is 44.5 Å². The van der Waals surface area contributed by atoms with Crippen LogP contribution < -0.4 is 4.90 Å². The molecule has 0 unspecified atom stereocenters. The van der Waals surface area contributed by atoms with Crippen LogP contribution in [0.1, 0.15) is 48.6 Å². The van der Waals surface area contributed by atoms with Crippen LogP contribution in [0.2, 0.25) is 0 Å². The Bertz CT molecular complexity index is 2640. The number of fused-ring (bicyclic) bond motifs is 6. The average Bonchev–Trinajstić information content (AvgIpc) is 3.63. The molecule has 8 aromatic rings. The molecule has 8 aromatic carbocycles. The van der Waals surface area contributed by atoms with Crippen molar-refractivity contribution in [3.63, 3.8) is 0 Å². The van der Waals surface area contributed by atoms with Gasteiger partial charge in [-0.1, -0.05) is 172 Å². The van der Waals surface area contributed by atoms with Gasteiger partial charge in [0.05, 0.1) is 0 Å². The molecule has 0 heterocycles. The van der Waals surface area contributed by atoms with Gasteiger partial charge in [-0.25, -0.2) is 0 Å². The van der Waals surface area contributed by atoms with Gasteiger partial charge >= 0.3 is 0 Å². The van der Waals surface area contributed by atoms with Crippen LogP contribution in [0.15, 0.2) is 194 Å². The third kappa shape index (κ3) is 4.92. The molecule has 0 atom stereocenters. The first-order chi connectivity index (χ1) is 26.4. The average molecular weight is 692 g/mol. The summed E-state index contributed by atoms with van der Waals surface area (Å²) in [5, 5.41) is 0. The van der Waals surface area contributed by atoms with Crippen LogP contribution in [0, 0.1) is 0 Å². The van der Waals surface area contributed by atoms with E-state index in [1.54, 1.807) is 0 Å². The molecule has 0 spiro atoms. The van der Waals surface area contributed by atoms with E-state index in [4.69, 9.17) is 0 Å². The molecule has 0 amide bonds. The van der Waals surface area contributed by atoms with Crippen LogP contribution in [-0.2, 0) is 10.8 Å². The molecule has 0 N–H and O–H groups in total. The van der Waals surface area contributed by atoms with Crippen molar-refractivity contribution in [1.82, 2.24) is 0 Å². The van der Waals surface area contributed by atoms with Crippen molar-refractivity contribution in [3.8, 4) is 44.5 Å². The third-order valence-electron chi connectivity index (χ3n) is 12.2. The van der Waals surface area contributed by atoms with Crippen molar-refractivity contribution in [2.24, 2.45) is 0 Å². The van der Waals surface area contributed by atoms with Crippen molar-refractivity contribution in [2.45, 2.75) is 31.6 Å². The molecule has 54 heavy (non-hydrogen) atoms. The van der Waals surface area contributed by atoms with Gasteiger partial charge in [0.1, 0.15) is 0 Å². The predicted molar refractivity (Wildman–Crippen MR) is 227 cm³/mol. The smallest absolute Gasteiger partial charge is 0.0465 e. The topological polar surface area (TPSA) is 3.24 Å². The molecule has 0 fully saturated rings. The lowest BCUT2D eigenvalue weighted by molar-refractivity contribution is 0.660. The van der Waals surface area contributed by atoms with E-state index >= 15 is 0 Å². The Labute approximate surface area is 318 Å². The summed E-state index contributed by atoms with van der Waals surface area (Å²) in [5.74, 6) is 0. The fraction of sp³-hybridized carbons (Fsp3) is 0.0943. The van der Waals surface area contributed by atoms with Crippen LogP contribution in [0.5, 0.6) is 0 Å². The maximum Gasteiger partial charge on any atom is 0.0465 e. The van der Waals surface area contributed by atoms with E-state index in [-0.39, 0.29) is 10.8 Å². The molecule has 0 bridgehead atoms. The summed E-state index contributed by atoms with van der Waals surface area (Å²) >= 11 is 0. The maximum absolute atomic E-state index is 2.45. The van der Waals surface area contributed by atoms with Crippen molar-refractivity contribution in [2.75, 3.05) is 4.90 Å². The summed E-state index contributed by atoms with van der Waals surface area (Å²) in [5.41, 5.74) is 20.0. The molecule has 1 nitrogen and oxygen atoms in total. The first-order valence-electron chi connectivity index (χ1n) is 19.0. The summed E-state index contributed by atoms with van der Waals surface area (Å²) in [6.45, 7) is 7.12. The fourth-order valence-electron chi connectivity index (χ4n) is 9.29. The standard InChI is InChI=1S/C53H41N/c1-52(2)48-21-10-7-18-44(48)47-33-32-43(35-51(47)52)54(41-30-28-39(29-31-41)38-26-24-37(25-27-38)36-14-5-4-6-15-36)42-17-13-16-40(34-42)53(3)49-22-11-8-19-45(49)46-20-9-12-23-50(46)53/h4-35H,1-3H3. The monoisotopic (exact) mass is 691 g/mol. The Balaban J connectivity index is 1.10. The molecule has 2 aliphatic carbocycles. The lowest BCUT2D eigenvalue weighted by Gasteiger charge is -2.32. The third-order valence-corrected chi connectivity index (χ3v) is 12.2. The lowest BCUT2D eigenvalue weighted by Crippen LogP contribution is -2.23. The highest BCUT2D eigenvalue weighted by molar-refractivity contribution is 5.87. The summed E-state index contributed by atoms with van der Waals surface area (Å²) in [6.07, 6.45) is 0. The zero-order valence-electron chi connectivity index (χ0n) is 30.9. The molecule has 0 aliphatic heterocycles. The van der Waals surface area contributed by atoms with E-state index in [0.29, 0.717) is 0 Å². The van der Waals surface area contributed by atoms with Gasteiger partial charge in [-0.05, 0) is 116 Å². The molecule has 2 aliphatic rings. The van der Waals surface area contributed by atoms with E-state index in [2.05, 4.69) is 220 Å². The van der Waals surface area contributed by atoms with Crippen LogP contribution >= 0.6 is 0 Å². The Morgan fingerprint density at radius 1 is 0.315 bits per heavy atom. The minimum absolute atomic E-state index is 0.101. The fourth-order valence-corrected chi connectivity index (χ4v) is 9.29. The van der Waals surface area contributed by atoms with Gasteiger partial charge in [0, 0.05) is 27.9 Å². The van der Waals surface area contributed by atoms with Crippen LogP contribution in [-0.4, -0.2) is 0 Å². The molecule has 10 rings (SSSR count). The highest BCUT2D eigenvalue weighted by Crippen LogP contribution is 2.54. The maximum atomic E-state index is 2.45. The summed E-state index contributed by atoms with van der Waals surface area (Å²) < 4.78 is 0. The number of benzene rings is 8. The molecule has 0 radical (unpaired) electrons. The van der Waals surface area contributed by atoms with Crippen molar-refractivity contribution >= 4 is 17.1 Å². The SMILES string of the molecule is CC1(C)c2ccccc2-c2ccc(N(c3ccc(-c4ccc(-c5ccccc5)cc4)cc3)c3cccc(C4(C)c5ccccc5-c5ccccc54)c3)cc21. The second-order valence-corrected chi connectivity index (χ2v) is 15.5. The van der Waals surface area contributed by atoms with E-state index in [0.717, 1.165) is 17.1 Å². The normalized spacial score (nSPS) is 14.1. The van der Waals surface area contributed by atoms with Gasteiger partial charge in [-0.3, -0.25) is 0 Å². The Hall–Kier alpha value is -6.44. The molecule has 0 saturated heterocycles. The number of hydrogen-bond acceptors (Lipinski definition) is 1. The molecule has 1 heteroatoms. The van der Waals surface area contributed by atoms with E-state index in [1.807, 2.05) is 0 Å². The van der Waals surface area contributed by atoms with Crippen LogP contribution in [0.3, 0.4) is 0 Å². The zero-order chi connectivity index (χ0) is 36.4. The van der Waals surface area contributed by atoms with Gasteiger partial charge in [0.25, 0.3) is 0 Å². The molecular formula is C53H41N. The van der Waals surface area contributed by atoms with Crippen molar-refractivity contribution in [1.29, 1.82) is 0 Å². The highest BCUT2D eigenvalue weighted by Gasteiger charge is 2.41. The predicted octanol–water partition coefficient (Wildman–Crippen LogP) is 14.1. The van der Waals surface area contributed by atoms with Gasteiger partial charge < -0.3 is 4.90 Å². The van der Waals surface area contributed by atoms with E-state index in [1.165, 1.54) is 72.3 Å². The quantitative estimate of drug-likeness (QED) is 0.168. The second-order valence-electron chi connectivity index (χ2n) is 15.5. The first-order valence-corrected chi connectivity index (χ1v) is 19.0. The first kappa shape index (κ1) is 32.2. The Morgan fingerprint density at radius 3 is 1.37 bits per heavy atom. The minimum atomic E-state index is -0.286. The van der Waals surface area contributed by atoms with Gasteiger partial charge in [-0.15, -0.1) is 0 Å². The van der Waals surface area contributed by atoms with Gasteiger partial charge in [0.15, 0.2) is 0 Å². The Kier molecular flexibility index (Phi) is 7.35. The Morgan fingerprint density at radius 2 is 0.759 bits per heavy atom. The minimum Gasteiger partial charge on any atom is -0.310 e. The second kappa shape index (κ2) is 12.3. The van der Waals surface area contributed by atoms with Gasteiger partial charge in [0.2, 0.25) is 0 Å².